The Labute approximate surface area is 130 Å². The average Bonchev–Trinajstić information content (AvgIpc) is 2.48. The van der Waals surface area contributed by atoms with Crippen LogP contribution in [0.2, 0.25) is 0 Å². The van der Waals surface area contributed by atoms with Crippen LogP contribution in [-0.2, 0) is 4.74 Å². The van der Waals surface area contributed by atoms with Gasteiger partial charge in [0, 0.05) is 28.5 Å². The molecule has 1 heterocycles. The van der Waals surface area contributed by atoms with Gasteiger partial charge in [-0.05, 0) is 66.2 Å². The van der Waals surface area contributed by atoms with Gasteiger partial charge in [-0.1, -0.05) is 13.8 Å². The van der Waals surface area contributed by atoms with Gasteiger partial charge in [0.05, 0.1) is 0 Å². The number of benzene rings is 1. The van der Waals surface area contributed by atoms with Crippen LogP contribution in [0.4, 0.5) is 5.69 Å². The Hall–Kier alpha value is -0.870. The fraction of sp³-hybridized carbons (Fsp3) is 0.562. The molecule has 0 radical (unpaired) electrons. The van der Waals surface area contributed by atoms with E-state index in [0.29, 0.717) is 0 Å². The van der Waals surface area contributed by atoms with E-state index in [1.807, 2.05) is 13.8 Å². The lowest BCUT2D eigenvalue weighted by atomic mass is 10.0. The molecular formula is C16H25BrN2O. The Bertz CT molecular complexity index is 454. The maximum absolute atomic E-state index is 7.57. The number of hydrogen-bond donors (Lipinski definition) is 2. The lowest BCUT2D eigenvalue weighted by Gasteiger charge is -2.26. The van der Waals surface area contributed by atoms with E-state index in [0.717, 1.165) is 35.2 Å². The van der Waals surface area contributed by atoms with Crippen molar-refractivity contribution < 1.29 is 4.74 Å². The summed E-state index contributed by atoms with van der Waals surface area (Å²) in [5.41, 5.74) is 4.27. The molecule has 1 fully saturated rings. The van der Waals surface area contributed by atoms with E-state index in [1.54, 1.807) is 0 Å². The van der Waals surface area contributed by atoms with Crippen LogP contribution < -0.4 is 5.32 Å². The van der Waals surface area contributed by atoms with E-state index in [1.165, 1.54) is 23.8 Å². The van der Waals surface area contributed by atoms with Crippen molar-refractivity contribution in [3.63, 3.8) is 0 Å². The number of ether oxygens (including phenoxy) is 1. The highest BCUT2D eigenvalue weighted by atomic mass is 79.9. The smallest absolute Gasteiger partial charge is 0.127 e. The van der Waals surface area contributed by atoms with Gasteiger partial charge in [-0.25, -0.2) is 0 Å². The number of rotatable bonds is 3. The van der Waals surface area contributed by atoms with Crippen molar-refractivity contribution in [1.82, 2.24) is 0 Å². The normalized spacial score (nSPS) is 17.9. The average molecular weight is 341 g/mol. The van der Waals surface area contributed by atoms with Gasteiger partial charge >= 0.3 is 0 Å². The second kappa shape index (κ2) is 8.42. The summed E-state index contributed by atoms with van der Waals surface area (Å²) in [4.78, 5) is 0. The number of aryl methyl sites for hydroxylation is 1. The number of hydrogen-bond acceptors (Lipinski definition) is 3. The monoisotopic (exact) mass is 340 g/mol. The first-order chi connectivity index (χ1) is 9.63. The highest BCUT2D eigenvalue weighted by molar-refractivity contribution is 9.10. The highest BCUT2D eigenvalue weighted by Gasteiger charge is 2.17. The lowest BCUT2D eigenvalue weighted by molar-refractivity contribution is 0.0343. The van der Waals surface area contributed by atoms with E-state index in [4.69, 9.17) is 10.1 Å². The summed E-state index contributed by atoms with van der Waals surface area (Å²) >= 11 is 3.57. The first-order valence-electron chi connectivity index (χ1n) is 7.31. The second-order valence-electron chi connectivity index (χ2n) is 4.74. The standard InChI is InChI=1S/C14H19BrN2O.C2H6/c1-9-7-12(11(8-16)14(15)10(9)2)17-13-5-3-4-6-18-13;1-2/h7-8,13,16-17H,3-6H2,1-2H3;1-2H3. The van der Waals surface area contributed by atoms with Gasteiger partial charge in [-0.15, -0.1) is 0 Å². The molecule has 1 saturated heterocycles. The molecule has 0 spiro atoms. The summed E-state index contributed by atoms with van der Waals surface area (Å²) < 4.78 is 6.69. The molecule has 4 heteroatoms. The first kappa shape index (κ1) is 17.2. The van der Waals surface area contributed by atoms with Crippen molar-refractivity contribution in [2.24, 2.45) is 0 Å². The van der Waals surface area contributed by atoms with Crippen LogP contribution in [0.25, 0.3) is 0 Å². The Morgan fingerprint density at radius 2 is 2.05 bits per heavy atom. The lowest BCUT2D eigenvalue weighted by Crippen LogP contribution is -2.27. The van der Waals surface area contributed by atoms with Crippen molar-refractivity contribution in [2.75, 3.05) is 11.9 Å². The second-order valence-corrected chi connectivity index (χ2v) is 5.53. The zero-order chi connectivity index (χ0) is 15.1. The summed E-state index contributed by atoms with van der Waals surface area (Å²) in [6.07, 6.45) is 4.84. The molecule has 2 N–H and O–H groups in total. The van der Waals surface area contributed by atoms with E-state index < -0.39 is 0 Å². The molecule has 112 valence electrons. The molecule has 0 aliphatic carbocycles. The minimum absolute atomic E-state index is 0.0754. The van der Waals surface area contributed by atoms with Crippen molar-refractivity contribution in [1.29, 1.82) is 5.41 Å². The molecule has 1 aliphatic heterocycles. The van der Waals surface area contributed by atoms with E-state index >= 15 is 0 Å². The Morgan fingerprint density at radius 3 is 2.60 bits per heavy atom. The molecule has 3 nitrogen and oxygen atoms in total. The van der Waals surface area contributed by atoms with Gasteiger partial charge < -0.3 is 15.5 Å². The summed E-state index contributed by atoms with van der Waals surface area (Å²) in [5.74, 6) is 0. The van der Waals surface area contributed by atoms with Crippen molar-refractivity contribution in [2.45, 2.75) is 53.2 Å². The molecule has 1 atom stereocenters. The SMILES string of the molecule is CC.Cc1cc(NC2CCCCO2)c(C=N)c(Br)c1C. The third-order valence-corrected chi connectivity index (χ3v) is 4.47. The third-order valence-electron chi connectivity index (χ3n) is 3.45. The van der Waals surface area contributed by atoms with Crippen molar-refractivity contribution >= 4 is 27.8 Å². The van der Waals surface area contributed by atoms with Gasteiger partial charge in [0.2, 0.25) is 0 Å². The number of anilines is 1. The van der Waals surface area contributed by atoms with Crippen LogP contribution in [0.1, 0.15) is 49.8 Å². The van der Waals surface area contributed by atoms with Crippen molar-refractivity contribution in [3.05, 3.63) is 27.2 Å². The molecule has 0 amide bonds. The number of nitrogens with one attached hydrogen (secondary N) is 2. The third kappa shape index (κ3) is 4.06. The minimum atomic E-state index is 0.0754. The largest absolute Gasteiger partial charge is 0.360 e. The first-order valence-corrected chi connectivity index (χ1v) is 8.11. The molecule has 1 aromatic rings. The Balaban J connectivity index is 0.000000956. The highest BCUT2D eigenvalue weighted by Crippen LogP contribution is 2.31. The molecule has 0 bridgehead atoms. The van der Waals surface area contributed by atoms with Gasteiger partial charge in [-0.2, -0.15) is 0 Å². The molecule has 20 heavy (non-hydrogen) atoms. The van der Waals surface area contributed by atoms with Gasteiger partial charge in [0.1, 0.15) is 6.23 Å². The number of halogens is 1. The van der Waals surface area contributed by atoms with Crippen LogP contribution in [0, 0.1) is 19.3 Å². The Kier molecular flexibility index (Phi) is 7.24. The quantitative estimate of drug-likeness (QED) is 0.758. The fourth-order valence-corrected chi connectivity index (χ4v) is 2.83. The zero-order valence-electron chi connectivity index (χ0n) is 12.8. The van der Waals surface area contributed by atoms with E-state index in [-0.39, 0.29) is 6.23 Å². The predicted octanol–water partition coefficient (Wildman–Crippen LogP) is 5.03. The van der Waals surface area contributed by atoms with Gasteiger partial charge in [0.25, 0.3) is 0 Å². The van der Waals surface area contributed by atoms with Crippen LogP contribution in [0.5, 0.6) is 0 Å². The minimum Gasteiger partial charge on any atom is -0.360 e. The fourth-order valence-electron chi connectivity index (χ4n) is 2.18. The topological polar surface area (TPSA) is 45.1 Å². The Morgan fingerprint density at radius 1 is 1.35 bits per heavy atom. The van der Waals surface area contributed by atoms with E-state index in [2.05, 4.69) is 41.2 Å². The summed E-state index contributed by atoms with van der Waals surface area (Å²) in [6.45, 7) is 8.97. The predicted molar refractivity (Wildman–Crippen MR) is 90.1 cm³/mol. The molecular weight excluding hydrogens is 316 g/mol. The maximum Gasteiger partial charge on any atom is 0.127 e. The summed E-state index contributed by atoms with van der Waals surface area (Å²) in [5, 5.41) is 11.0. The summed E-state index contributed by atoms with van der Waals surface area (Å²) in [6, 6.07) is 2.10. The van der Waals surface area contributed by atoms with Crippen LogP contribution in [0.3, 0.4) is 0 Å². The van der Waals surface area contributed by atoms with Crippen LogP contribution in [-0.4, -0.2) is 19.0 Å². The maximum atomic E-state index is 7.57. The molecule has 1 aromatic carbocycles. The van der Waals surface area contributed by atoms with Crippen LogP contribution >= 0.6 is 15.9 Å². The molecule has 1 unspecified atom stereocenters. The molecule has 1 aliphatic rings. The molecule has 0 saturated carbocycles. The van der Waals surface area contributed by atoms with Crippen molar-refractivity contribution in [3.8, 4) is 0 Å². The van der Waals surface area contributed by atoms with Crippen LogP contribution in [0.15, 0.2) is 10.5 Å². The molecule has 0 aromatic heterocycles. The zero-order valence-corrected chi connectivity index (χ0v) is 14.4. The molecule has 2 rings (SSSR count). The van der Waals surface area contributed by atoms with E-state index in [9.17, 15) is 0 Å². The van der Waals surface area contributed by atoms with Gasteiger partial charge in [0.15, 0.2) is 0 Å². The summed E-state index contributed by atoms with van der Waals surface area (Å²) in [7, 11) is 0. The van der Waals surface area contributed by atoms with Gasteiger partial charge in [-0.3, -0.25) is 0 Å².